The number of halogens is 2. The number of hydrogen-bond acceptors (Lipinski definition) is 9. The van der Waals surface area contributed by atoms with Crippen LogP contribution in [-0.2, 0) is 11.3 Å². The quantitative estimate of drug-likeness (QED) is 0.231. The van der Waals surface area contributed by atoms with E-state index in [0.717, 1.165) is 24.2 Å². The van der Waals surface area contributed by atoms with E-state index in [1.165, 1.54) is 37.6 Å². The summed E-state index contributed by atoms with van der Waals surface area (Å²) < 4.78 is 47.4. The van der Waals surface area contributed by atoms with Crippen molar-refractivity contribution in [1.29, 1.82) is 0 Å². The first-order valence-corrected chi connectivity index (χ1v) is 14.9. The number of piperazine rings is 1. The van der Waals surface area contributed by atoms with E-state index in [-0.39, 0.29) is 58.2 Å². The number of terminal acetylenes is 1. The molecule has 0 saturated carbocycles. The van der Waals surface area contributed by atoms with Gasteiger partial charge in [-0.2, -0.15) is 9.97 Å². The molecule has 0 radical (unpaired) electrons. The second-order valence-corrected chi connectivity index (χ2v) is 11.5. The highest BCUT2D eigenvalue weighted by Gasteiger charge is 2.44. The fourth-order valence-electron chi connectivity index (χ4n) is 6.61. The third-order valence-electron chi connectivity index (χ3n) is 8.79. The highest BCUT2D eigenvalue weighted by atomic mass is 19.1. The number of methoxy groups -OCH3 is 2. The number of aromatic hydroxyl groups is 1. The van der Waals surface area contributed by atoms with Crippen LogP contribution < -0.4 is 14.4 Å². The third kappa shape index (κ3) is 5.23. The molecule has 3 aromatic carbocycles. The maximum absolute atomic E-state index is 16.5. The first-order valence-electron chi connectivity index (χ1n) is 14.9. The van der Waals surface area contributed by atoms with Crippen LogP contribution in [0.25, 0.3) is 32.9 Å². The van der Waals surface area contributed by atoms with Crippen LogP contribution in [-0.4, -0.2) is 70.4 Å². The summed E-state index contributed by atoms with van der Waals surface area (Å²) in [6.45, 7) is 0.983. The number of phenolic OH excluding ortho intramolecular Hbond substituents is 1. The molecule has 0 spiro atoms. The van der Waals surface area contributed by atoms with Crippen molar-refractivity contribution < 1.29 is 32.9 Å². The van der Waals surface area contributed by atoms with Gasteiger partial charge in [-0.15, -0.1) is 6.42 Å². The summed E-state index contributed by atoms with van der Waals surface area (Å²) in [5, 5.41) is 11.4. The van der Waals surface area contributed by atoms with Crippen molar-refractivity contribution in [3.63, 3.8) is 0 Å². The van der Waals surface area contributed by atoms with Gasteiger partial charge in [-0.05, 0) is 54.1 Å². The van der Waals surface area contributed by atoms with Crippen LogP contribution in [0.15, 0.2) is 54.7 Å². The number of nitrogens with zero attached hydrogens (tertiary/aromatic N) is 5. The van der Waals surface area contributed by atoms with E-state index in [9.17, 15) is 14.3 Å². The van der Waals surface area contributed by atoms with Gasteiger partial charge in [0.05, 0.1) is 37.3 Å². The molecule has 10 nitrogen and oxygen atoms in total. The Bertz CT molecular complexity index is 2070. The maximum atomic E-state index is 16.5. The summed E-state index contributed by atoms with van der Waals surface area (Å²) in [5.74, 6) is 1.83. The third-order valence-corrected chi connectivity index (χ3v) is 8.79. The number of anilines is 1. The van der Waals surface area contributed by atoms with Gasteiger partial charge in [0.25, 0.3) is 0 Å². The molecule has 2 atom stereocenters. The van der Waals surface area contributed by atoms with Gasteiger partial charge in [0.2, 0.25) is 0 Å². The molecule has 2 aliphatic heterocycles. The average Bonchev–Trinajstić information content (AvgIpc) is 3.35. The lowest BCUT2D eigenvalue weighted by Gasteiger charge is -2.41. The fraction of sp³-hybridized carbons (Fsp3) is 0.257. The lowest BCUT2D eigenvalue weighted by molar-refractivity contribution is 0.0733. The number of phenols is 1. The van der Waals surface area contributed by atoms with Gasteiger partial charge in [0.1, 0.15) is 41.0 Å². The number of fused-ring (bicyclic) bond motifs is 4. The number of carbonyl (C=O) groups excluding carboxylic acids is 1. The molecule has 1 N–H and O–H groups in total. The van der Waals surface area contributed by atoms with E-state index in [1.807, 2.05) is 29.2 Å². The SMILES string of the molecule is C#Cc1c(F)ccc2cc(O)cc(-c3ncc4c(N5CC6CCC(C5)N6C(=O)OCc5ccc(OC)cc5)nc(OC)nc4c3F)c12. The predicted octanol–water partition coefficient (Wildman–Crippen LogP) is 5.82. The Balaban J connectivity index is 1.21. The van der Waals surface area contributed by atoms with Crippen molar-refractivity contribution >= 4 is 33.6 Å². The first kappa shape index (κ1) is 30.0. The number of hydrogen-bond donors (Lipinski definition) is 1. The topological polar surface area (TPSA) is 110 Å². The van der Waals surface area contributed by atoms with Gasteiger partial charge in [-0.25, -0.2) is 13.6 Å². The second-order valence-electron chi connectivity index (χ2n) is 11.5. The van der Waals surface area contributed by atoms with Crippen LogP contribution in [0.1, 0.15) is 24.0 Å². The lowest BCUT2D eigenvalue weighted by Crippen LogP contribution is -2.56. The normalized spacial score (nSPS) is 17.2. The summed E-state index contributed by atoms with van der Waals surface area (Å²) in [4.78, 5) is 30.3. The standard InChI is InChI=1S/C35H29F2N5O5/c1-4-25-28(36)12-7-20-13-23(43)14-26(29(20)25)31-30(37)32-27(15-38-31)33(40-34(39-32)46-3)41-16-21-8-9-22(17-41)42(21)35(44)47-18-19-5-10-24(45-2)11-6-19/h1,5-7,10-15,21-22,43H,8-9,16-18H2,2-3H3. The molecule has 2 aliphatic rings. The molecule has 0 aliphatic carbocycles. The molecule has 2 aromatic heterocycles. The minimum atomic E-state index is -0.813. The van der Waals surface area contributed by atoms with Crippen molar-refractivity contribution in [2.45, 2.75) is 31.5 Å². The molecule has 238 valence electrons. The van der Waals surface area contributed by atoms with Crippen molar-refractivity contribution in [3.05, 3.63) is 77.5 Å². The summed E-state index contributed by atoms with van der Waals surface area (Å²) >= 11 is 0. The molecular weight excluding hydrogens is 608 g/mol. The van der Waals surface area contributed by atoms with Crippen LogP contribution in [0, 0.1) is 24.0 Å². The average molecular weight is 638 g/mol. The van der Waals surface area contributed by atoms with Crippen molar-refractivity contribution in [3.8, 4) is 41.1 Å². The van der Waals surface area contributed by atoms with Crippen LogP contribution in [0.3, 0.4) is 0 Å². The molecular formula is C35H29F2N5O5. The Kier molecular flexibility index (Phi) is 7.60. The van der Waals surface area contributed by atoms with E-state index >= 15 is 4.39 Å². The smallest absolute Gasteiger partial charge is 0.410 e. The van der Waals surface area contributed by atoms with Crippen LogP contribution >= 0.6 is 0 Å². The Labute approximate surface area is 268 Å². The minimum absolute atomic E-state index is 0.0617. The molecule has 47 heavy (non-hydrogen) atoms. The summed E-state index contributed by atoms with van der Waals surface area (Å²) in [5.41, 5.74) is 0.650. The number of carbonyl (C=O) groups is 1. The van der Waals surface area contributed by atoms with Gasteiger partial charge in [0.15, 0.2) is 5.82 Å². The number of rotatable bonds is 6. The fourth-order valence-corrected chi connectivity index (χ4v) is 6.61. The van der Waals surface area contributed by atoms with E-state index in [4.69, 9.17) is 20.6 Å². The van der Waals surface area contributed by atoms with Crippen LogP contribution in [0.5, 0.6) is 17.5 Å². The van der Waals surface area contributed by atoms with E-state index < -0.39 is 17.7 Å². The van der Waals surface area contributed by atoms with E-state index in [0.29, 0.717) is 29.7 Å². The molecule has 2 bridgehead atoms. The number of aromatic nitrogens is 3. The van der Waals surface area contributed by atoms with Gasteiger partial charge in [-0.1, -0.05) is 24.1 Å². The Morgan fingerprint density at radius 2 is 1.79 bits per heavy atom. The van der Waals surface area contributed by atoms with Gasteiger partial charge >= 0.3 is 12.1 Å². The highest BCUT2D eigenvalue weighted by molar-refractivity contribution is 6.03. The molecule has 2 saturated heterocycles. The van der Waals surface area contributed by atoms with Crippen molar-refractivity contribution in [1.82, 2.24) is 19.9 Å². The molecule has 2 fully saturated rings. The number of ether oxygens (including phenoxy) is 3. The first-order chi connectivity index (χ1) is 22.8. The Morgan fingerprint density at radius 3 is 2.47 bits per heavy atom. The molecule has 7 rings (SSSR count). The predicted molar refractivity (Wildman–Crippen MR) is 170 cm³/mol. The molecule has 1 amide bonds. The largest absolute Gasteiger partial charge is 0.508 e. The monoisotopic (exact) mass is 637 g/mol. The Morgan fingerprint density at radius 1 is 1.04 bits per heavy atom. The number of pyridine rings is 1. The van der Waals surface area contributed by atoms with Crippen molar-refractivity contribution in [2.24, 2.45) is 0 Å². The van der Waals surface area contributed by atoms with Gasteiger partial charge in [-0.3, -0.25) is 9.88 Å². The van der Waals surface area contributed by atoms with Crippen molar-refractivity contribution in [2.75, 3.05) is 32.2 Å². The van der Waals surface area contributed by atoms with Gasteiger partial charge in [0, 0.05) is 30.2 Å². The second kappa shape index (κ2) is 11.9. The summed E-state index contributed by atoms with van der Waals surface area (Å²) in [7, 11) is 2.98. The zero-order valence-electron chi connectivity index (χ0n) is 25.5. The number of amides is 1. The number of benzene rings is 3. The van der Waals surface area contributed by atoms with Crippen LogP contribution in [0.2, 0.25) is 0 Å². The minimum Gasteiger partial charge on any atom is -0.508 e. The Hall–Kier alpha value is -5.70. The lowest BCUT2D eigenvalue weighted by atomic mass is 9.96. The molecule has 12 heteroatoms. The molecule has 5 aromatic rings. The summed E-state index contributed by atoms with van der Waals surface area (Å²) in [6, 6.07) is 12.3. The molecule has 4 heterocycles. The van der Waals surface area contributed by atoms with Gasteiger partial charge < -0.3 is 24.2 Å². The zero-order chi connectivity index (χ0) is 32.8. The van der Waals surface area contributed by atoms with Crippen LogP contribution in [0.4, 0.5) is 19.4 Å². The highest BCUT2D eigenvalue weighted by Crippen LogP contribution is 2.40. The zero-order valence-corrected chi connectivity index (χ0v) is 25.5. The summed E-state index contributed by atoms with van der Waals surface area (Å²) in [6.07, 6.45) is 8.24. The van der Waals surface area contributed by atoms with E-state index in [2.05, 4.69) is 20.9 Å². The molecule has 2 unspecified atom stereocenters. The maximum Gasteiger partial charge on any atom is 0.410 e. The van der Waals surface area contributed by atoms with E-state index in [1.54, 1.807) is 12.0 Å².